The number of nitrogens with zero attached hydrogens (tertiary/aromatic N) is 1. The number of rotatable bonds is 3. The summed E-state index contributed by atoms with van der Waals surface area (Å²) in [5.41, 5.74) is 3.78. The van der Waals surface area contributed by atoms with Crippen molar-refractivity contribution in [3.63, 3.8) is 0 Å². The number of benzene rings is 1. The average Bonchev–Trinajstić information content (AvgIpc) is 2.89. The molecular weight excluding hydrogens is 297 g/mol. The van der Waals surface area contributed by atoms with Gasteiger partial charge in [-0.1, -0.05) is 29.3 Å². The molecule has 1 aromatic carbocycles. The summed E-state index contributed by atoms with van der Waals surface area (Å²) in [5.74, 6) is 5.74. The zero-order chi connectivity index (χ0) is 14.1. The van der Waals surface area contributed by atoms with Crippen LogP contribution in [0.25, 0.3) is 0 Å². The number of nitrogens with two attached hydrogens (primary N) is 1. The maximum absolute atomic E-state index is 6.28. The highest BCUT2D eigenvalue weighted by Gasteiger charge is 2.36. The van der Waals surface area contributed by atoms with Gasteiger partial charge in [-0.05, 0) is 37.1 Å². The summed E-state index contributed by atoms with van der Waals surface area (Å²) in [6.45, 7) is 2.81. The predicted octanol–water partition coefficient (Wildman–Crippen LogP) is 2.36. The second-order valence-electron chi connectivity index (χ2n) is 5.47. The molecule has 0 bridgehead atoms. The molecule has 2 heterocycles. The van der Waals surface area contributed by atoms with Gasteiger partial charge in [0.15, 0.2) is 0 Å². The first-order valence-corrected chi connectivity index (χ1v) is 7.71. The van der Waals surface area contributed by atoms with Gasteiger partial charge in [0.05, 0.1) is 18.8 Å². The number of morpholine rings is 1. The van der Waals surface area contributed by atoms with E-state index in [1.807, 2.05) is 12.1 Å². The summed E-state index contributed by atoms with van der Waals surface area (Å²) in [4.78, 5) is 2.49. The Morgan fingerprint density at radius 1 is 1.40 bits per heavy atom. The molecule has 0 aromatic heterocycles. The molecule has 4 nitrogen and oxygen atoms in total. The summed E-state index contributed by atoms with van der Waals surface area (Å²) in [6.07, 6.45) is 2.49. The molecule has 3 rings (SSSR count). The molecule has 0 radical (unpaired) electrons. The number of ether oxygens (including phenoxy) is 1. The Labute approximate surface area is 129 Å². The maximum atomic E-state index is 6.28. The summed E-state index contributed by atoms with van der Waals surface area (Å²) in [7, 11) is 0. The Morgan fingerprint density at radius 2 is 2.25 bits per heavy atom. The van der Waals surface area contributed by atoms with Gasteiger partial charge < -0.3 is 4.74 Å². The van der Waals surface area contributed by atoms with Gasteiger partial charge in [0, 0.05) is 22.6 Å². The van der Waals surface area contributed by atoms with Gasteiger partial charge in [-0.15, -0.1) is 0 Å². The minimum absolute atomic E-state index is 0.00743. The highest BCUT2D eigenvalue weighted by Crippen LogP contribution is 2.32. The average molecular weight is 316 g/mol. The molecule has 0 amide bonds. The van der Waals surface area contributed by atoms with E-state index in [9.17, 15) is 0 Å². The molecule has 20 heavy (non-hydrogen) atoms. The first-order valence-electron chi connectivity index (χ1n) is 6.96. The van der Waals surface area contributed by atoms with E-state index in [1.54, 1.807) is 6.07 Å². The molecule has 0 aliphatic carbocycles. The van der Waals surface area contributed by atoms with Crippen LogP contribution < -0.4 is 11.3 Å². The molecule has 1 aromatic rings. The lowest BCUT2D eigenvalue weighted by Gasteiger charge is -2.39. The van der Waals surface area contributed by atoms with Gasteiger partial charge in [-0.25, -0.2) is 0 Å². The van der Waals surface area contributed by atoms with Crippen LogP contribution in [0.5, 0.6) is 0 Å². The number of hydrogen-bond acceptors (Lipinski definition) is 4. The molecule has 3 atom stereocenters. The fourth-order valence-corrected chi connectivity index (χ4v) is 3.72. The van der Waals surface area contributed by atoms with E-state index in [0.29, 0.717) is 16.1 Å². The van der Waals surface area contributed by atoms with Crippen LogP contribution in [0, 0.1) is 0 Å². The third-order valence-corrected chi connectivity index (χ3v) is 4.83. The van der Waals surface area contributed by atoms with Crippen LogP contribution in [-0.2, 0) is 4.74 Å². The molecule has 110 valence electrons. The van der Waals surface area contributed by atoms with E-state index in [1.165, 1.54) is 12.8 Å². The van der Waals surface area contributed by atoms with Crippen LogP contribution in [0.3, 0.4) is 0 Å². The van der Waals surface area contributed by atoms with E-state index in [0.717, 1.165) is 25.3 Å². The van der Waals surface area contributed by atoms with Crippen molar-refractivity contribution in [2.45, 2.75) is 31.0 Å². The molecule has 2 fully saturated rings. The molecule has 0 saturated carbocycles. The fraction of sp³-hybridized carbons (Fsp3) is 0.571. The van der Waals surface area contributed by atoms with Crippen LogP contribution in [-0.4, -0.2) is 36.7 Å². The third-order valence-electron chi connectivity index (χ3n) is 4.27. The summed E-state index contributed by atoms with van der Waals surface area (Å²) in [5, 5.41) is 1.24. The Kier molecular flexibility index (Phi) is 4.50. The number of hydrogen-bond donors (Lipinski definition) is 2. The topological polar surface area (TPSA) is 50.5 Å². The van der Waals surface area contributed by atoms with E-state index >= 15 is 0 Å². The Bertz CT molecular complexity index is 485. The molecular formula is C14H19Cl2N3O. The number of fused-ring (bicyclic) bond motifs is 1. The zero-order valence-electron chi connectivity index (χ0n) is 11.2. The van der Waals surface area contributed by atoms with Crippen molar-refractivity contribution in [3.05, 3.63) is 33.8 Å². The van der Waals surface area contributed by atoms with Crippen LogP contribution in [0.15, 0.2) is 18.2 Å². The lowest BCUT2D eigenvalue weighted by Crippen LogP contribution is -2.51. The molecule has 0 spiro atoms. The van der Waals surface area contributed by atoms with Gasteiger partial charge in [0.2, 0.25) is 0 Å². The zero-order valence-corrected chi connectivity index (χ0v) is 12.7. The van der Waals surface area contributed by atoms with Crippen LogP contribution >= 0.6 is 23.2 Å². The SMILES string of the molecule is NNC(c1ccc(Cl)cc1Cl)C1CN2CCCC2CO1. The quantitative estimate of drug-likeness (QED) is 0.664. The molecule has 2 aliphatic heterocycles. The lowest BCUT2D eigenvalue weighted by atomic mass is 10.00. The van der Waals surface area contributed by atoms with Crippen LogP contribution in [0.1, 0.15) is 24.4 Å². The van der Waals surface area contributed by atoms with Crippen LogP contribution in [0.2, 0.25) is 10.0 Å². The fourth-order valence-electron chi connectivity index (χ4n) is 3.20. The van der Waals surface area contributed by atoms with Crippen LogP contribution in [0.4, 0.5) is 0 Å². The van der Waals surface area contributed by atoms with Crippen molar-refractivity contribution in [2.75, 3.05) is 19.7 Å². The highest BCUT2D eigenvalue weighted by atomic mass is 35.5. The smallest absolute Gasteiger partial charge is 0.0910 e. The summed E-state index contributed by atoms with van der Waals surface area (Å²) >= 11 is 12.2. The van der Waals surface area contributed by atoms with E-state index in [2.05, 4.69) is 10.3 Å². The summed E-state index contributed by atoms with van der Waals surface area (Å²) in [6, 6.07) is 5.93. The first kappa shape index (κ1) is 14.6. The monoisotopic (exact) mass is 315 g/mol. The predicted molar refractivity (Wildman–Crippen MR) is 80.9 cm³/mol. The number of nitrogens with one attached hydrogen (secondary N) is 1. The largest absolute Gasteiger partial charge is 0.373 e. The van der Waals surface area contributed by atoms with Gasteiger partial charge in [0.25, 0.3) is 0 Å². The van der Waals surface area contributed by atoms with Gasteiger partial charge in [0.1, 0.15) is 0 Å². The van der Waals surface area contributed by atoms with E-state index < -0.39 is 0 Å². The number of hydrazine groups is 1. The summed E-state index contributed by atoms with van der Waals surface area (Å²) < 4.78 is 6.01. The second kappa shape index (κ2) is 6.18. The van der Waals surface area contributed by atoms with Crippen molar-refractivity contribution >= 4 is 23.2 Å². The van der Waals surface area contributed by atoms with E-state index in [4.69, 9.17) is 33.8 Å². The standard InChI is InChI=1S/C14H19Cl2N3O/c15-9-3-4-11(12(16)6-9)14(18-17)13-7-19-5-1-2-10(19)8-20-13/h3-4,6,10,13-14,18H,1-2,5,7-8,17H2. The maximum Gasteiger partial charge on any atom is 0.0910 e. The molecule has 2 saturated heterocycles. The van der Waals surface area contributed by atoms with Gasteiger partial charge in [-0.2, -0.15) is 0 Å². The Hall–Kier alpha value is -0.360. The normalized spacial score (nSPS) is 28.4. The highest BCUT2D eigenvalue weighted by molar-refractivity contribution is 6.35. The lowest BCUT2D eigenvalue weighted by molar-refractivity contribution is -0.0653. The first-order chi connectivity index (χ1) is 9.69. The Morgan fingerprint density at radius 3 is 3.00 bits per heavy atom. The van der Waals surface area contributed by atoms with Crippen molar-refractivity contribution < 1.29 is 4.74 Å². The van der Waals surface area contributed by atoms with Crippen molar-refractivity contribution in [1.29, 1.82) is 0 Å². The van der Waals surface area contributed by atoms with Gasteiger partial charge >= 0.3 is 0 Å². The number of halogens is 2. The minimum atomic E-state index is -0.124. The van der Waals surface area contributed by atoms with Crippen molar-refractivity contribution in [1.82, 2.24) is 10.3 Å². The molecule has 3 unspecified atom stereocenters. The van der Waals surface area contributed by atoms with Crippen molar-refractivity contribution in [2.24, 2.45) is 5.84 Å². The van der Waals surface area contributed by atoms with Gasteiger partial charge in [-0.3, -0.25) is 16.2 Å². The third kappa shape index (κ3) is 2.82. The Balaban J connectivity index is 1.79. The van der Waals surface area contributed by atoms with Crippen molar-refractivity contribution in [3.8, 4) is 0 Å². The minimum Gasteiger partial charge on any atom is -0.373 e. The molecule has 6 heteroatoms. The second-order valence-corrected chi connectivity index (χ2v) is 6.32. The molecule has 3 N–H and O–H groups in total. The molecule has 2 aliphatic rings. The van der Waals surface area contributed by atoms with E-state index in [-0.39, 0.29) is 12.1 Å².